The van der Waals surface area contributed by atoms with Crippen LogP contribution in [0.4, 0.5) is 0 Å². The first-order valence-corrected chi connectivity index (χ1v) is 18.1. The van der Waals surface area contributed by atoms with E-state index in [-0.39, 0.29) is 0 Å². The quantitative estimate of drug-likeness (QED) is 0.0739. The lowest BCUT2D eigenvalue weighted by Crippen LogP contribution is -1.97. The van der Waals surface area contributed by atoms with Gasteiger partial charge in [-0.3, -0.25) is 0 Å². The largest absolute Gasteiger partial charge is 0.0654 e. The minimum Gasteiger partial charge on any atom is -0.0654 e. The molecule has 0 aliphatic carbocycles. The van der Waals surface area contributed by atoms with E-state index < -0.39 is 0 Å². The average Bonchev–Trinajstić information content (AvgIpc) is 3.00. The molecule has 42 heavy (non-hydrogen) atoms. The van der Waals surface area contributed by atoms with Crippen molar-refractivity contribution in [1.82, 2.24) is 0 Å². The third-order valence-corrected chi connectivity index (χ3v) is 9.59. The van der Waals surface area contributed by atoms with E-state index in [0.29, 0.717) is 0 Å². The highest BCUT2D eigenvalue weighted by molar-refractivity contribution is 6.05. The van der Waals surface area contributed by atoms with Crippen LogP contribution in [0.25, 0.3) is 32.3 Å². The first-order valence-electron chi connectivity index (χ1n) is 18.1. The van der Waals surface area contributed by atoms with Gasteiger partial charge in [-0.05, 0) is 130 Å². The number of aryl methyl sites for hydroxylation is 4. The number of benzene rings is 4. The van der Waals surface area contributed by atoms with Crippen LogP contribution in [0.3, 0.4) is 0 Å². The summed E-state index contributed by atoms with van der Waals surface area (Å²) < 4.78 is 0. The highest BCUT2D eigenvalue weighted by Gasteiger charge is 2.11. The Kier molecular flexibility index (Phi) is 13.7. The molecule has 0 unspecified atom stereocenters. The molecule has 0 bridgehead atoms. The lowest BCUT2D eigenvalue weighted by Gasteiger charge is -2.15. The second kappa shape index (κ2) is 17.7. The van der Waals surface area contributed by atoms with Crippen LogP contribution in [-0.4, -0.2) is 0 Å². The van der Waals surface area contributed by atoms with Gasteiger partial charge >= 0.3 is 0 Å². The van der Waals surface area contributed by atoms with Crippen molar-refractivity contribution in [2.24, 2.45) is 0 Å². The lowest BCUT2D eigenvalue weighted by molar-refractivity contribution is 0.651. The first kappa shape index (κ1) is 32.6. The molecule has 0 heteroatoms. The molecule has 4 aromatic carbocycles. The van der Waals surface area contributed by atoms with Crippen molar-refractivity contribution < 1.29 is 0 Å². The molecule has 228 valence electrons. The van der Waals surface area contributed by atoms with E-state index in [2.05, 4.69) is 76.2 Å². The van der Waals surface area contributed by atoms with Gasteiger partial charge in [-0.25, -0.2) is 0 Å². The summed E-state index contributed by atoms with van der Waals surface area (Å²) in [7, 11) is 0. The Balaban J connectivity index is 1.69. The predicted octanol–water partition coefficient (Wildman–Crippen LogP) is 13.6. The highest BCUT2D eigenvalue weighted by Crippen LogP contribution is 2.32. The SMILES string of the molecule is CCCCCCc1cc2cc3cc4cc(CCCCCC)c(CCCCCC)cc4cc3cc2cc1CCCCCC. The van der Waals surface area contributed by atoms with Crippen molar-refractivity contribution in [3.63, 3.8) is 0 Å². The number of hydrogen-bond donors (Lipinski definition) is 0. The van der Waals surface area contributed by atoms with Gasteiger partial charge in [-0.2, -0.15) is 0 Å². The molecule has 0 aromatic heterocycles. The Hall–Kier alpha value is -2.34. The van der Waals surface area contributed by atoms with E-state index >= 15 is 0 Å². The van der Waals surface area contributed by atoms with E-state index in [4.69, 9.17) is 0 Å². The molecule has 0 aliphatic rings. The van der Waals surface area contributed by atoms with Crippen molar-refractivity contribution in [2.45, 2.75) is 156 Å². The van der Waals surface area contributed by atoms with Gasteiger partial charge in [0.15, 0.2) is 0 Å². The maximum atomic E-state index is 2.55. The van der Waals surface area contributed by atoms with Crippen molar-refractivity contribution in [3.05, 3.63) is 70.8 Å². The molecule has 0 atom stereocenters. The third kappa shape index (κ3) is 9.33. The van der Waals surface area contributed by atoms with Crippen molar-refractivity contribution in [3.8, 4) is 0 Å². The Bertz CT molecular complexity index is 1170. The van der Waals surface area contributed by atoms with E-state index in [9.17, 15) is 0 Å². The predicted molar refractivity (Wildman–Crippen MR) is 190 cm³/mol. The van der Waals surface area contributed by atoms with Crippen LogP contribution in [0.1, 0.15) is 153 Å². The smallest absolute Gasteiger partial charge is 0.0171 e. The molecule has 0 nitrogen and oxygen atoms in total. The molecule has 0 heterocycles. The summed E-state index contributed by atoms with van der Waals surface area (Å²) in [6.07, 6.45) is 26.3. The summed E-state index contributed by atoms with van der Waals surface area (Å²) >= 11 is 0. The fraction of sp³-hybridized carbons (Fsp3) is 0.571. The Labute approximate surface area is 258 Å². The molecule has 0 N–H and O–H groups in total. The average molecular weight is 565 g/mol. The summed E-state index contributed by atoms with van der Waals surface area (Å²) in [6, 6.07) is 20.2. The van der Waals surface area contributed by atoms with Gasteiger partial charge in [0, 0.05) is 0 Å². The van der Waals surface area contributed by atoms with Gasteiger partial charge in [0.2, 0.25) is 0 Å². The van der Waals surface area contributed by atoms with E-state index in [1.54, 1.807) is 22.3 Å². The van der Waals surface area contributed by atoms with Crippen LogP contribution in [0.15, 0.2) is 48.5 Å². The number of unbranched alkanes of at least 4 members (excludes halogenated alkanes) is 12. The molecule has 0 amide bonds. The molecule has 4 aromatic rings. The molecule has 0 radical (unpaired) electrons. The normalized spacial score (nSPS) is 11.8. The highest BCUT2D eigenvalue weighted by atomic mass is 14.2. The second-order valence-electron chi connectivity index (χ2n) is 13.2. The van der Waals surface area contributed by atoms with Crippen LogP contribution in [-0.2, 0) is 25.7 Å². The van der Waals surface area contributed by atoms with Crippen LogP contribution in [0, 0.1) is 0 Å². The van der Waals surface area contributed by atoms with Gasteiger partial charge in [-0.1, -0.05) is 129 Å². The zero-order chi connectivity index (χ0) is 29.6. The van der Waals surface area contributed by atoms with Gasteiger partial charge < -0.3 is 0 Å². The second-order valence-corrected chi connectivity index (χ2v) is 13.2. The standard InChI is InChI=1S/C42H60/c1-5-9-13-17-21-33-25-37-29-41-31-39-27-35(23-19-15-11-7-3)36(24-20-16-12-8-4)28-40(39)32-42(41)30-38(37)26-34(33)22-18-14-10-6-2/h25-32H,5-24H2,1-4H3. The van der Waals surface area contributed by atoms with Crippen molar-refractivity contribution in [1.29, 1.82) is 0 Å². The van der Waals surface area contributed by atoms with E-state index in [1.165, 1.54) is 161 Å². The molecule has 0 saturated heterocycles. The van der Waals surface area contributed by atoms with Crippen molar-refractivity contribution in [2.75, 3.05) is 0 Å². The molecular weight excluding hydrogens is 504 g/mol. The summed E-state index contributed by atoms with van der Waals surface area (Å²) in [5.41, 5.74) is 6.43. The monoisotopic (exact) mass is 564 g/mol. The van der Waals surface area contributed by atoms with Crippen LogP contribution >= 0.6 is 0 Å². The molecule has 0 fully saturated rings. The van der Waals surface area contributed by atoms with Gasteiger partial charge in [0.05, 0.1) is 0 Å². The van der Waals surface area contributed by atoms with Crippen LogP contribution in [0.5, 0.6) is 0 Å². The minimum absolute atomic E-state index is 1.23. The molecule has 0 spiro atoms. The number of hydrogen-bond acceptors (Lipinski definition) is 0. The fourth-order valence-electron chi connectivity index (χ4n) is 6.94. The Morgan fingerprint density at radius 3 is 0.690 bits per heavy atom. The van der Waals surface area contributed by atoms with Gasteiger partial charge in [0.25, 0.3) is 0 Å². The summed E-state index contributed by atoms with van der Waals surface area (Å²) in [5, 5.41) is 8.51. The van der Waals surface area contributed by atoms with Gasteiger partial charge in [0.1, 0.15) is 0 Å². The minimum atomic E-state index is 1.23. The zero-order valence-corrected chi connectivity index (χ0v) is 27.8. The van der Waals surface area contributed by atoms with Crippen LogP contribution < -0.4 is 0 Å². The first-order chi connectivity index (χ1) is 20.7. The Morgan fingerprint density at radius 1 is 0.262 bits per heavy atom. The van der Waals surface area contributed by atoms with E-state index in [0.717, 1.165) is 0 Å². The molecular formula is C42H60. The topological polar surface area (TPSA) is 0 Å². The maximum absolute atomic E-state index is 2.55. The molecule has 0 aliphatic heterocycles. The number of fused-ring (bicyclic) bond motifs is 3. The van der Waals surface area contributed by atoms with E-state index in [1.807, 2.05) is 0 Å². The zero-order valence-electron chi connectivity index (χ0n) is 27.8. The maximum Gasteiger partial charge on any atom is -0.0171 e. The van der Waals surface area contributed by atoms with Gasteiger partial charge in [-0.15, -0.1) is 0 Å². The molecule has 0 saturated carbocycles. The summed E-state index contributed by atoms with van der Waals surface area (Å²) in [4.78, 5) is 0. The number of rotatable bonds is 20. The Morgan fingerprint density at radius 2 is 0.476 bits per heavy atom. The lowest BCUT2D eigenvalue weighted by atomic mass is 9.90. The molecule has 4 rings (SSSR count). The fourth-order valence-corrected chi connectivity index (χ4v) is 6.94. The van der Waals surface area contributed by atoms with Crippen molar-refractivity contribution >= 4 is 32.3 Å². The summed E-state index contributed by atoms with van der Waals surface area (Å²) in [6.45, 7) is 9.25. The summed E-state index contributed by atoms with van der Waals surface area (Å²) in [5.74, 6) is 0. The third-order valence-electron chi connectivity index (χ3n) is 9.59. The van der Waals surface area contributed by atoms with Crippen LogP contribution in [0.2, 0.25) is 0 Å².